The van der Waals surface area contributed by atoms with E-state index in [1.807, 2.05) is 97.1 Å². The molecule has 0 radical (unpaired) electrons. The Morgan fingerprint density at radius 2 is 0.848 bits per heavy atom. The molecule has 442 valence electrons. The van der Waals surface area contributed by atoms with Crippen LogP contribution < -0.4 is 14.4 Å². The van der Waals surface area contributed by atoms with E-state index in [0.717, 1.165) is 101 Å². The standard InChI is InChI=1S/C87H63F2NO2/c1-5-56-22-44-68(45-23-56)91-70-48-32-61(33-49-70)86(59-28-36-63(88)37-29-59)80-20-11-8-14-73(80)76-52-42-66(54-82(76)86)90(65-40-26-58(27-41-65)72-17-13-18-78-75-16-7-10-19-79(75)85(3,4)84(72)78)67-43-53-77-74-15-9-12-21-81(74)87(83(77)55-67,60-30-38-64(89)39-31-60)62-34-50-71(51-35-62)92-69-46-24-57(6-2)25-47-69/h5-54,83H,1-2,55H2,3-4H3. The zero-order valence-electron chi connectivity index (χ0n) is 51.1. The van der Waals surface area contributed by atoms with Crippen molar-refractivity contribution >= 4 is 29.1 Å². The Bertz CT molecular complexity index is 4950. The Labute approximate surface area is 536 Å². The minimum Gasteiger partial charge on any atom is -0.457 e. The molecule has 0 heterocycles. The van der Waals surface area contributed by atoms with Gasteiger partial charge in [0, 0.05) is 28.4 Å². The first-order chi connectivity index (χ1) is 45.0. The maximum Gasteiger partial charge on any atom is 0.127 e. The van der Waals surface area contributed by atoms with Crippen LogP contribution in [0, 0.1) is 17.6 Å². The molecule has 3 atom stereocenters. The van der Waals surface area contributed by atoms with Crippen molar-refractivity contribution in [2.75, 3.05) is 4.90 Å². The lowest BCUT2D eigenvalue weighted by atomic mass is 9.62. The van der Waals surface area contributed by atoms with Crippen molar-refractivity contribution in [2.45, 2.75) is 36.5 Å². The summed E-state index contributed by atoms with van der Waals surface area (Å²) in [6.07, 6.45) is 8.88. The maximum atomic E-state index is 15.4. The monoisotopic (exact) mass is 1190 g/mol. The molecule has 0 saturated carbocycles. The van der Waals surface area contributed by atoms with Crippen LogP contribution in [0.2, 0.25) is 0 Å². The van der Waals surface area contributed by atoms with Gasteiger partial charge < -0.3 is 14.4 Å². The lowest BCUT2D eigenvalue weighted by Gasteiger charge is -2.41. The zero-order valence-corrected chi connectivity index (χ0v) is 51.1. The van der Waals surface area contributed by atoms with Gasteiger partial charge in [-0.15, -0.1) is 0 Å². The van der Waals surface area contributed by atoms with Crippen molar-refractivity contribution in [1.29, 1.82) is 0 Å². The zero-order chi connectivity index (χ0) is 62.3. The normalized spacial score (nSPS) is 17.6. The van der Waals surface area contributed by atoms with Crippen LogP contribution in [0.25, 0.3) is 51.1 Å². The van der Waals surface area contributed by atoms with Crippen molar-refractivity contribution < 1.29 is 18.3 Å². The number of rotatable bonds is 14. The molecule has 3 nitrogen and oxygen atoms in total. The van der Waals surface area contributed by atoms with Crippen LogP contribution in [0.15, 0.2) is 310 Å². The van der Waals surface area contributed by atoms with Gasteiger partial charge in [-0.05, 0) is 215 Å². The van der Waals surface area contributed by atoms with Crippen LogP contribution in [0.4, 0.5) is 20.2 Å². The van der Waals surface area contributed by atoms with Crippen molar-refractivity contribution in [1.82, 2.24) is 0 Å². The van der Waals surface area contributed by atoms with Crippen LogP contribution >= 0.6 is 0 Å². The largest absolute Gasteiger partial charge is 0.457 e. The van der Waals surface area contributed by atoms with E-state index in [9.17, 15) is 0 Å². The third-order valence-electron chi connectivity index (χ3n) is 19.9. The molecule has 0 aromatic heterocycles. The summed E-state index contributed by atoms with van der Waals surface area (Å²) in [6.45, 7) is 12.5. The predicted molar refractivity (Wildman–Crippen MR) is 372 cm³/mol. The fraction of sp³-hybridized carbons (Fsp3) is 0.0805. The van der Waals surface area contributed by atoms with Gasteiger partial charge in [0.05, 0.1) is 10.8 Å². The highest BCUT2D eigenvalue weighted by molar-refractivity contribution is 5.92. The maximum absolute atomic E-state index is 15.4. The van der Waals surface area contributed by atoms with Crippen molar-refractivity contribution in [2.24, 2.45) is 5.92 Å². The average molecular weight is 1190 g/mol. The molecule has 3 unspecified atom stereocenters. The van der Waals surface area contributed by atoms with E-state index < -0.39 is 10.8 Å². The molecule has 0 aliphatic heterocycles. The quantitative estimate of drug-likeness (QED) is 0.108. The van der Waals surface area contributed by atoms with Crippen molar-refractivity contribution in [3.63, 3.8) is 0 Å². The SMILES string of the molecule is C=Cc1ccc(Oc2ccc(C3(c4ccc(F)cc4)c4ccccc4-c4ccc(N(C5=CC=C6c7ccccc7C(c7ccc(F)cc7)(c7ccc(Oc8ccc(C=C)cc8)cc7)C6C5)c5ccc(-c6cccc7c6C(C)(C)c6ccccc6-7)cc5)cc43)cc2)cc1. The number of ether oxygens (including phenoxy) is 2. The Morgan fingerprint density at radius 1 is 0.402 bits per heavy atom. The molecule has 0 spiro atoms. The highest BCUT2D eigenvalue weighted by Crippen LogP contribution is 2.63. The van der Waals surface area contributed by atoms with Crippen LogP contribution in [-0.4, -0.2) is 0 Å². The highest BCUT2D eigenvalue weighted by Gasteiger charge is 2.53. The second kappa shape index (κ2) is 22.1. The number of fused-ring (bicyclic) bond motifs is 9. The number of anilines is 2. The minimum atomic E-state index is -0.892. The van der Waals surface area contributed by atoms with Gasteiger partial charge in [0.1, 0.15) is 34.6 Å². The molecule has 16 rings (SSSR count). The summed E-state index contributed by atoms with van der Waals surface area (Å²) in [5, 5.41) is 0. The lowest BCUT2D eigenvalue weighted by molar-refractivity contribution is 0.466. The number of halogens is 2. The first-order valence-electron chi connectivity index (χ1n) is 31.5. The van der Waals surface area contributed by atoms with Crippen LogP contribution in [-0.2, 0) is 16.2 Å². The third kappa shape index (κ3) is 8.89. The topological polar surface area (TPSA) is 21.7 Å². The number of hydrogen-bond donors (Lipinski definition) is 0. The molecule has 12 aromatic rings. The van der Waals surface area contributed by atoms with Crippen LogP contribution in [0.1, 0.15) is 87.0 Å². The summed E-state index contributed by atoms with van der Waals surface area (Å²) in [6, 6.07) is 95.9. The van der Waals surface area contributed by atoms with E-state index in [1.54, 1.807) is 24.3 Å². The first-order valence-corrected chi connectivity index (χ1v) is 31.5. The molecular formula is C87H63F2NO2. The predicted octanol–water partition coefficient (Wildman–Crippen LogP) is 22.6. The van der Waals surface area contributed by atoms with E-state index in [4.69, 9.17) is 9.47 Å². The minimum absolute atomic E-state index is 0.154. The van der Waals surface area contributed by atoms with E-state index in [0.29, 0.717) is 17.9 Å². The molecule has 4 aliphatic rings. The van der Waals surface area contributed by atoms with E-state index in [2.05, 4.69) is 214 Å². The number of benzene rings is 12. The molecular weight excluding hydrogens is 1130 g/mol. The molecule has 0 fully saturated rings. The first kappa shape index (κ1) is 56.1. The van der Waals surface area contributed by atoms with Gasteiger partial charge in [0.2, 0.25) is 0 Å². The summed E-state index contributed by atoms with van der Waals surface area (Å²) in [5.74, 6) is 2.10. The van der Waals surface area contributed by atoms with Gasteiger partial charge in [-0.3, -0.25) is 0 Å². The van der Waals surface area contributed by atoms with Crippen molar-refractivity contribution in [3.05, 3.63) is 388 Å². The van der Waals surface area contributed by atoms with Gasteiger partial charge in [-0.1, -0.05) is 227 Å². The van der Waals surface area contributed by atoms with Crippen LogP contribution in [0.3, 0.4) is 0 Å². The van der Waals surface area contributed by atoms with Gasteiger partial charge in [0.25, 0.3) is 0 Å². The second-order valence-electron chi connectivity index (χ2n) is 25.0. The van der Waals surface area contributed by atoms with E-state index >= 15 is 8.78 Å². The fourth-order valence-corrected chi connectivity index (χ4v) is 15.8. The summed E-state index contributed by atoms with van der Waals surface area (Å²) in [5.41, 5.74) is 22.7. The number of allylic oxidation sites excluding steroid dienone is 4. The van der Waals surface area contributed by atoms with Gasteiger partial charge in [0.15, 0.2) is 0 Å². The van der Waals surface area contributed by atoms with Gasteiger partial charge in [-0.2, -0.15) is 0 Å². The molecule has 12 aromatic carbocycles. The Balaban J connectivity index is 0.876. The lowest BCUT2D eigenvalue weighted by Crippen LogP contribution is -2.36. The van der Waals surface area contributed by atoms with E-state index in [-0.39, 0.29) is 23.0 Å². The number of nitrogens with zero attached hydrogens (tertiary/aromatic N) is 1. The average Bonchev–Trinajstić information content (AvgIpc) is 1.53. The molecule has 0 amide bonds. The molecule has 0 bridgehead atoms. The van der Waals surface area contributed by atoms with Gasteiger partial charge >= 0.3 is 0 Å². The molecule has 5 heteroatoms. The number of hydrogen-bond acceptors (Lipinski definition) is 3. The summed E-state index contributed by atoms with van der Waals surface area (Å²) < 4.78 is 43.7. The summed E-state index contributed by atoms with van der Waals surface area (Å²) >= 11 is 0. The Morgan fingerprint density at radius 3 is 1.42 bits per heavy atom. The highest BCUT2D eigenvalue weighted by atomic mass is 19.1. The Kier molecular flexibility index (Phi) is 13.5. The summed E-state index contributed by atoms with van der Waals surface area (Å²) in [7, 11) is 0. The molecule has 0 saturated heterocycles. The smallest absolute Gasteiger partial charge is 0.127 e. The molecule has 0 N–H and O–H groups in total. The molecule has 92 heavy (non-hydrogen) atoms. The third-order valence-corrected chi connectivity index (χ3v) is 19.9. The van der Waals surface area contributed by atoms with E-state index in [1.165, 1.54) is 33.4 Å². The molecule has 4 aliphatic carbocycles. The Hall–Kier alpha value is -11.1. The van der Waals surface area contributed by atoms with Gasteiger partial charge in [-0.25, -0.2) is 8.78 Å². The second-order valence-corrected chi connectivity index (χ2v) is 25.0. The van der Waals surface area contributed by atoms with Crippen molar-refractivity contribution in [3.8, 4) is 56.4 Å². The van der Waals surface area contributed by atoms with Crippen LogP contribution in [0.5, 0.6) is 23.0 Å². The summed E-state index contributed by atoms with van der Waals surface area (Å²) in [4.78, 5) is 2.45. The fourth-order valence-electron chi connectivity index (χ4n) is 15.8.